The Hall–Kier alpha value is -1.95. The standard InChI is InChI=1S/C17H18BrN5/c1-2-15-21-16-7-6-11(10-23(16)22-15)20-14-8-9-19-17-12(14)4-3-5-13(17)18/h3-5,8-9,11H,2,6-7,10H2,1H3,(H,19,20). The van der Waals surface area contributed by atoms with Crippen molar-refractivity contribution < 1.29 is 0 Å². The van der Waals surface area contributed by atoms with Gasteiger partial charge in [0.05, 0.1) is 12.1 Å². The number of para-hydroxylation sites is 1. The van der Waals surface area contributed by atoms with Crippen LogP contribution in [0.2, 0.25) is 0 Å². The van der Waals surface area contributed by atoms with E-state index in [9.17, 15) is 0 Å². The third kappa shape index (κ3) is 2.72. The van der Waals surface area contributed by atoms with Crippen LogP contribution in [0.4, 0.5) is 5.69 Å². The van der Waals surface area contributed by atoms with Gasteiger partial charge >= 0.3 is 0 Å². The summed E-state index contributed by atoms with van der Waals surface area (Å²) in [6.07, 6.45) is 4.78. The number of rotatable bonds is 3. The molecule has 3 heterocycles. The van der Waals surface area contributed by atoms with Crippen molar-refractivity contribution in [3.05, 3.63) is 46.6 Å². The van der Waals surface area contributed by atoms with Crippen molar-refractivity contribution in [2.45, 2.75) is 38.8 Å². The predicted octanol–water partition coefficient (Wildman–Crippen LogP) is 3.58. The lowest BCUT2D eigenvalue weighted by molar-refractivity contribution is 0.440. The van der Waals surface area contributed by atoms with E-state index in [1.807, 2.05) is 24.4 Å². The Labute approximate surface area is 143 Å². The fourth-order valence-corrected chi connectivity index (χ4v) is 3.58. The maximum atomic E-state index is 4.58. The van der Waals surface area contributed by atoms with E-state index in [-0.39, 0.29) is 0 Å². The van der Waals surface area contributed by atoms with Gasteiger partial charge in [-0.1, -0.05) is 19.1 Å². The number of aryl methyl sites for hydroxylation is 2. The van der Waals surface area contributed by atoms with Gasteiger partial charge in [-0.15, -0.1) is 0 Å². The Bertz CT molecular complexity index is 857. The molecule has 1 atom stereocenters. The molecule has 23 heavy (non-hydrogen) atoms. The summed E-state index contributed by atoms with van der Waals surface area (Å²) in [5, 5.41) is 9.39. The van der Waals surface area contributed by atoms with Crippen LogP contribution in [0, 0.1) is 0 Å². The van der Waals surface area contributed by atoms with E-state index in [4.69, 9.17) is 0 Å². The highest BCUT2D eigenvalue weighted by Gasteiger charge is 2.21. The van der Waals surface area contributed by atoms with Crippen LogP contribution in [-0.2, 0) is 19.4 Å². The molecule has 1 aliphatic rings. The molecule has 118 valence electrons. The maximum Gasteiger partial charge on any atom is 0.150 e. The second-order valence-electron chi connectivity index (χ2n) is 5.85. The molecule has 0 bridgehead atoms. The van der Waals surface area contributed by atoms with Gasteiger partial charge < -0.3 is 5.32 Å². The predicted molar refractivity (Wildman–Crippen MR) is 94.6 cm³/mol. The number of nitrogens with zero attached hydrogens (tertiary/aromatic N) is 4. The first kappa shape index (κ1) is 14.6. The van der Waals surface area contributed by atoms with Crippen molar-refractivity contribution in [1.82, 2.24) is 19.7 Å². The van der Waals surface area contributed by atoms with Gasteiger partial charge in [-0.3, -0.25) is 4.98 Å². The highest BCUT2D eigenvalue weighted by molar-refractivity contribution is 9.10. The fraction of sp³-hybridized carbons (Fsp3) is 0.353. The molecule has 0 spiro atoms. The van der Waals surface area contributed by atoms with E-state index in [0.717, 1.165) is 58.5 Å². The molecule has 4 rings (SSSR count). The molecule has 1 aromatic carbocycles. The molecule has 0 radical (unpaired) electrons. The minimum atomic E-state index is 0.360. The molecular weight excluding hydrogens is 354 g/mol. The summed E-state index contributed by atoms with van der Waals surface area (Å²) in [4.78, 5) is 9.05. The Morgan fingerprint density at radius 3 is 3.13 bits per heavy atom. The van der Waals surface area contributed by atoms with E-state index in [1.54, 1.807) is 0 Å². The van der Waals surface area contributed by atoms with Crippen LogP contribution in [0.5, 0.6) is 0 Å². The Morgan fingerprint density at radius 1 is 1.35 bits per heavy atom. The molecule has 0 amide bonds. The van der Waals surface area contributed by atoms with Crippen LogP contribution in [0.3, 0.4) is 0 Å². The van der Waals surface area contributed by atoms with Gasteiger partial charge in [-0.2, -0.15) is 5.10 Å². The maximum absolute atomic E-state index is 4.58. The fourth-order valence-electron chi connectivity index (χ4n) is 3.11. The quantitative estimate of drug-likeness (QED) is 0.764. The average Bonchev–Trinajstić information content (AvgIpc) is 2.98. The van der Waals surface area contributed by atoms with Gasteiger partial charge in [0.15, 0.2) is 5.82 Å². The Balaban J connectivity index is 1.61. The van der Waals surface area contributed by atoms with Gasteiger partial charge in [-0.25, -0.2) is 9.67 Å². The minimum Gasteiger partial charge on any atom is -0.380 e. The molecule has 0 fully saturated rings. The normalized spacial score (nSPS) is 17.2. The van der Waals surface area contributed by atoms with E-state index in [1.165, 1.54) is 0 Å². The molecule has 6 heteroatoms. The summed E-state index contributed by atoms with van der Waals surface area (Å²) in [5.41, 5.74) is 2.11. The van der Waals surface area contributed by atoms with Crippen LogP contribution in [0.15, 0.2) is 34.9 Å². The molecule has 1 N–H and O–H groups in total. The highest BCUT2D eigenvalue weighted by Crippen LogP contribution is 2.28. The van der Waals surface area contributed by atoms with E-state index in [2.05, 4.69) is 54.0 Å². The first-order valence-corrected chi connectivity index (χ1v) is 8.76. The number of anilines is 1. The van der Waals surface area contributed by atoms with Crippen LogP contribution in [-0.4, -0.2) is 25.8 Å². The monoisotopic (exact) mass is 371 g/mol. The molecular formula is C17H18BrN5. The van der Waals surface area contributed by atoms with Crippen molar-refractivity contribution in [3.63, 3.8) is 0 Å². The van der Waals surface area contributed by atoms with Crippen molar-refractivity contribution in [2.24, 2.45) is 0 Å². The van der Waals surface area contributed by atoms with Crippen LogP contribution >= 0.6 is 15.9 Å². The lowest BCUT2D eigenvalue weighted by atomic mass is 10.1. The highest BCUT2D eigenvalue weighted by atomic mass is 79.9. The number of halogens is 1. The number of pyridine rings is 1. The SMILES string of the molecule is CCc1nc2n(n1)CC(Nc1ccnc3c(Br)cccc13)CC2. The summed E-state index contributed by atoms with van der Waals surface area (Å²) in [6.45, 7) is 2.96. The number of hydrogen-bond donors (Lipinski definition) is 1. The zero-order valence-corrected chi connectivity index (χ0v) is 14.5. The number of benzene rings is 1. The second kappa shape index (κ2) is 5.92. The lowest BCUT2D eigenvalue weighted by Crippen LogP contribution is -2.32. The molecule has 5 nitrogen and oxygen atoms in total. The van der Waals surface area contributed by atoms with Crippen molar-refractivity contribution in [2.75, 3.05) is 5.32 Å². The first-order chi connectivity index (χ1) is 11.2. The van der Waals surface area contributed by atoms with Gasteiger partial charge in [0, 0.05) is 40.6 Å². The third-order valence-electron chi connectivity index (χ3n) is 4.30. The largest absolute Gasteiger partial charge is 0.380 e. The third-order valence-corrected chi connectivity index (χ3v) is 4.94. The van der Waals surface area contributed by atoms with Crippen molar-refractivity contribution in [3.8, 4) is 0 Å². The number of hydrogen-bond acceptors (Lipinski definition) is 4. The number of nitrogens with one attached hydrogen (secondary N) is 1. The summed E-state index contributed by atoms with van der Waals surface area (Å²) in [6, 6.07) is 8.58. The molecule has 2 aromatic heterocycles. The smallest absolute Gasteiger partial charge is 0.150 e. The number of aromatic nitrogens is 4. The molecule has 1 unspecified atom stereocenters. The molecule has 0 saturated heterocycles. The van der Waals surface area contributed by atoms with Crippen LogP contribution in [0.1, 0.15) is 25.0 Å². The Kier molecular flexibility index (Phi) is 3.77. The summed E-state index contributed by atoms with van der Waals surface area (Å²) in [7, 11) is 0. The van der Waals surface area contributed by atoms with Gasteiger partial charge in [0.1, 0.15) is 5.82 Å². The summed E-state index contributed by atoms with van der Waals surface area (Å²) < 4.78 is 3.08. The van der Waals surface area contributed by atoms with Crippen LogP contribution < -0.4 is 5.32 Å². The first-order valence-electron chi connectivity index (χ1n) is 7.97. The number of fused-ring (bicyclic) bond motifs is 2. The summed E-state index contributed by atoms with van der Waals surface area (Å²) >= 11 is 3.58. The van der Waals surface area contributed by atoms with Crippen molar-refractivity contribution in [1.29, 1.82) is 0 Å². The van der Waals surface area contributed by atoms with Crippen molar-refractivity contribution >= 4 is 32.5 Å². The topological polar surface area (TPSA) is 55.6 Å². The lowest BCUT2D eigenvalue weighted by Gasteiger charge is -2.25. The zero-order valence-electron chi connectivity index (χ0n) is 13.0. The summed E-state index contributed by atoms with van der Waals surface area (Å²) in [5.74, 6) is 2.06. The van der Waals surface area contributed by atoms with E-state index in [0.29, 0.717) is 6.04 Å². The van der Waals surface area contributed by atoms with Gasteiger partial charge in [-0.05, 0) is 34.5 Å². The second-order valence-corrected chi connectivity index (χ2v) is 6.71. The Morgan fingerprint density at radius 2 is 2.26 bits per heavy atom. The average molecular weight is 372 g/mol. The molecule has 1 aliphatic heterocycles. The molecule has 3 aromatic rings. The minimum absolute atomic E-state index is 0.360. The van der Waals surface area contributed by atoms with E-state index >= 15 is 0 Å². The molecule has 0 aliphatic carbocycles. The molecule has 0 saturated carbocycles. The zero-order chi connectivity index (χ0) is 15.8. The van der Waals surface area contributed by atoms with Gasteiger partial charge in [0.25, 0.3) is 0 Å². The van der Waals surface area contributed by atoms with Gasteiger partial charge in [0.2, 0.25) is 0 Å². The van der Waals surface area contributed by atoms with E-state index < -0.39 is 0 Å². The van der Waals surface area contributed by atoms with Crippen LogP contribution in [0.25, 0.3) is 10.9 Å².